The van der Waals surface area contributed by atoms with E-state index < -0.39 is 28.8 Å². The fraction of sp³-hybridized carbons (Fsp3) is 0.417. The monoisotopic (exact) mass is 438 g/mol. The van der Waals surface area contributed by atoms with Gasteiger partial charge >= 0.3 is 0 Å². The highest BCUT2D eigenvalue weighted by Crippen LogP contribution is 2.70. The molecule has 8 heteroatoms. The van der Waals surface area contributed by atoms with Crippen LogP contribution in [0.4, 0.5) is 8.78 Å². The quantitative estimate of drug-likeness (QED) is 0.705. The Balaban J connectivity index is 1.54. The van der Waals surface area contributed by atoms with Crippen LogP contribution >= 0.6 is 0 Å². The zero-order valence-corrected chi connectivity index (χ0v) is 18.0. The normalized spacial score (nSPS) is 29.7. The molecule has 1 saturated carbocycles. The third-order valence-electron chi connectivity index (χ3n) is 7.40. The number of primary amides is 1. The first kappa shape index (κ1) is 20.7. The summed E-state index contributed by atoms with van der Waals surface area (Å²) in [5.41, 5.74) is 6.01. The van der Waals surface area contributed by atoms with Crippen LogP contribution in [-0.2, 0) is 12.8 Å². The highest BCUT2D eigenvalue weighted by Gasteiger charge is 2.78. The van der Waals surface area contributed by atoms with Crippen molar-refractivity contribution in [2.75, 3.05) is 13.6 Å². The topological polar surface area (TPSA) is 84.4 Å². The number of nitrogens with two attached hydrogens (primary N) is 1. The number of hydrogen-bond acceptors (Lipinski definition) is 4. The third kappa shape index (κ3) is 2.74. The Hall–Kier alpha value is -3.18. The number of alkyl halides is 2. The van der Waals surface area contributed by atoms with E-state index in [0.29, 0.717) is 41.2 Å². The number of benzene rings is 1. The number of carbonyl (C=O) groups is 1. The van der Waals surface area contributed by atoms with Gasteiger partial charge in [0.2, 0.25) is 0 Å². The van der Waals surface area contributed by atoms with Crippen molar-refractivity contribution in [2.45, 2.75) is 37.7 Å². The first-order valence-corrected chi connectivity index (χ1v) is 10.5. The molecule has 166 valence electrons. The van der Waals surface area contributed by atoms with Crippen LogP contribution < -0.4 is 5.73 Å². The van der Waals surface area contributed by atoms with Gasteiger partial charge in [-0.05, 0) is 24.6 Å². The molecule has 2 aromatic rings. The maximum atomic E-state index is 14.4. The van der Waals surface area contributed by atoms with Gasteiger partial charge in [0.25, 0.3) is 11.8 Å². The fourth-order valence-corrected chi connectivity index (χ4v) is 5.06. The zero-order chi connectivity index (χ0) is 23.1. The lowest BCUT2D eigenvalue weighted by molar-refractivity contribution is 0.0629. The van der Waals surface area contributed by atoms with Gasteiger partial charge in [0.15, 0.2) is 11.3 Å². The summed E-state index contributed by atoms with van der Waals surface area (Å²) < 4.78 is 30.3. The van der Waals surface area contributed by atoms with Crippen LogP contribution in [0.15, 0.2) is 36.5 Å². The van der Waals surface area contributed by atoms with E-state index in [2.05, 4.69) is 23.5 Å². The summed E-state index contributed by atoms with van der Waals surface area (Å²) in [6, 6.07) is 7.10. The van der Waals surface area contributed by atoms with Crippen molar-refractivity contribution >= 4 is 5.91 Å². The minimum atomic E-state index is -2.77. The molecule has 0 radical (unpaired) electrons. The Morgan fingerprint density at radius 1 is 1.41 bits per heavy atom. The molecule has 3 aliphatic rings. The van der Waals surface area contributed by atoms with Crippen molar-refractivity contribution < 1.29 is 18.7 Å². The molecule has 1 aromatic carbocycles. The average Bonchev–Trinajstić information content (AvgIpc) is 3.02. The zero-order valence-electron chi connectivity index (χ0n) is 18.0. The van der Waals surface area contributed by atoms with Crippen molar-refractivity contribution in [1.82, 2.24) is 14.7 Å². The maximum Gasteiger partial charge on any atom is 0.269 e. The molecule has 2 fully saturated rings. The molecule has 2 heterocycles. The fourth-order valence-electron chi connectivity index (χ4n) is 5.06. The first-order chi connectivity index (χ1) is 15.0. The second kappa shape index (κ2) is 6.42. The minimum absolute atomic E-state index is 0.0424. The lowest BCUT2D eigenvalue weighted by atomic mass is 9.87. The number of aliphatic hydroxyl groups is 1. The number of rotatable bonds is 2. The van der Waals surface area contributed by atoms with E-state index in [1.807, 2.05) is 11.9 Å². The number of hydrogen-bond donors (Lipinski definition) is 2. The predicted molar refractivity (Wildman–Crippen MR) is 114 cm³/mol. The predicted octanol–water partition coefficient (Wildman–Crippen LogP) is 2.27. The van der Waals surface area contributed by atoms with Crippen molar-refractivity contribution in [2.24, 2.45) is 17.1 Å². The Kier molecular flexibility index (Phi) is 4.16. The van der Waals surface area contributed by atoms with Gasteiger partial charge in [-0.15, -0.1) is 0 Å². The molecule has 3 atom stereocenters. The Labute approximate surface area is 184 Å². The summed E-state index contributed by atoms with van der Waals surface area (Å²) in [6.45, 7) is 6.17. The number of amides is 1. The van der Waals surface area contributed by atoms with Gasteiger partial charge in [-0.2, -0.15) is 5.10 Å². The van der Waals surface area contributed by atoms with Gasteiger partial charge in [-0.25, -0.2) is 13.5 Å². The van der Waals surface area contributed by atoms with E-state index in [0.717, 1.165) is 0 Å². The van der Waals surface area contributed by atoms with Gasteiger partial charge in [0.1, 0.15) is 0 Å². The molecule has 0 bridgehead atoms. The van der Waals surface area contributed by atoms with Crippen LogP contribution in [0, 0.1) is 23.2 Å². The van der Waals surface area contributed by atoms with E-state index in [-0.39, 0.29) is 18.5 Å². The lowest BCUT2D eigenvalue weighted by Gasteiger charge is -2.19. The molecule has 5 rings (SSSR count). The number of carbonyl (C=O) groups excluding carboxylic acids is 1. The van der Waals surface area contributed by atoms with E-state index in [1.165, 1.54) is 4.68 Å². The molecule has 1 unspecified atom stereocenters. The summed E-state index contributed by atoms with van der Waals surface area (Å²) in [5.74, 6) is 1.61. The number of nitrogens with zero attached hydrogens (tertiary/aromatic N) is 3. The minimum Gasteiger partial charge on any atom is -0.375 e. The van der Waals surface area contributed by atoms with E-state index in [9.17, 15) is 18.7 Å². The van der Waals surface area contributed by atoms with Gasteiger partial charge in [0.05, 0.1) is 11.4 Å². The van der Waals surface area contributed by atoms with Gasteiger partial charge < -0.3 is 15.7 Å². The van der Waals surface area contributed by atoms with Crippen LogP contribution in [0.2, 0.25) is 0 Å². The molecule has 0 spiro atoms. The lowest BCUT2D eigenvalue weighted by Crippen LogP contribution is -2.26. The Bertz CT molecular complexity index is 1240. The van der Waals surface area contributed by atoms with Crippen molar-refractivity contribution in [3.8, 4) is 17.5 Å². The second-order valence-corrected chi connectivity index (χ2v) is 9.30. The molecule has 1 aromatic heterocycles. The van der Waals surface area contributed by atoms with Crippen LogP contribution in [0.1, 0.15) is 40.7 Å². The summed E-state index contributed by atoms with van der Waals surface area (Å²) >= 11 is 0. The van der Waals surface area contributed by atoms with Gasteiger partial charge in [-0.1, -0.05) is 31.4 Å². The molecule has 2 aliphatic carbocycles. The Morgan fingerprint density at radius 3 is 2.81 bits per heavy atom. The molecule has 6 nitrogen and oxygen atoms in total. The molecular weight excluding hydrogens is 414 g/mol. The van der Waals surface area contributed by atoms with Crippen LogP contribution in [0.5, 0.6) is 0 Å². The number of aromatic nitrogens is 2. The smallest absolute Gasteiger partial charge is 0.269 e. The highest BCUT2D eigenvalue weighted by atomic mass is 19.3. The first-order valence-electron chi connectivity index (χ1n) is 10.5. The molecular formula is C24H24F2N4O2. The van der Waals surface area contributed by atoms with Gasteiger partial charge in [-0.3, -0.25) is 4.79 Å². The van der Waals surface area contributed by atoms with E-state index >= 15 is 0 Å². The third-order valence-corrected chi connectivity index (χ3v) is 7.40. The Morgan fingerprint density at radius 2 is 2.16 bits per heavy atom. The van der Waals surface area contributed by atoms with Crippen LogP contribution in [0.3, 0.4) is 0 Å². The van der Waals surface area contributed by atoms with Crippen molar-refractivity contribution in [3.63, 3.8) is 0 Å². The molecule has 1 saturated heterocycles. The summed E-state index contributed by atoms with van der Waals surface area (Å²) in [5, 5.41) is 15.1. The van der Waals surface area contributed by atoms with Crippen molar-refractivity contribution in [1.29, 1.82) is 0 Å². The van der Waals surface area contributed by atoms with Crippen LogP contribution in [-0.4, -0.2) is 50.8 Å². The van der Waals surface area contributed by atoms with Crippen molar-refractivity contribution in [3.05, 3.63) is 59.1 Å². The standard InChI is InChI=1S/C24H24F2N4O2/c1-14-23(32,9-10-29(14)3)8-7-15-5-4-6-16(11-15)30-18-13-22(2)19(24(22,25)26)12-17(18)20(28-30)21(27)31/h4-6,11,19,32H,1,9-10,12-13H2,2-3H3,(H2,27,31)/t19?,22-,23-/m0/s1. The molecule has 1 amide bonds. The highest BCUT2D eigenvalue weighted by molar-refractivity contribution is 5.93. The summed E-state index contributed by atoms with van der Waals surface area (Å²) in [4.78, 5) is 13.9. The molecule has 3 N–H and O–H groups in total. The van der Waals surface area contributed by atoms with Gasteiger partial charge in [0, 0.05) is 54.6 Å². The number of likely N-dealkylation sites (tertiary alicyclic amines) is 1. The number of likely N-dealkylation sites (N-methyl/N-ethyl adjacent to an activating group) is 1. The van der Waals surface area contributed by atoms with Crippen LogP contribution in [0.25, 0.3) is 5.69 Å². The average molecular weight is 438 g/mol. The number of fused-ring (bicyclic) bond motifs is 2. The van der Waals surface area contributed by atoms with E-state index in [4.69, 9.17) is 5.73 Å². The maximum absolute atomic E-state index is 14.4. The summed E-state index contributed by atoms with van der Waals surface area (Å²) in [6.07, 6.45) is 0.666. The second-order valence-electron chi connectivity index (χ2n) is 9.30. The molecule has 1 aliphatic heterocycles. The largest absolute Gasteiger partial charge is 0.375 e. The van der Waals surface area contributed by atoms with E-state index in [1.54, 1.807) is 31.2 Å². The summed E-state index contributed by atoms with van der Waals surface area (Å²) in [7, 11) is 1.86. The SMILES string of the molecule is C=C1N(C)CC[C@@]1(O)C#Cc1cccc(-n2nc(C(N)=O)c3c2C[C@@]2(C)C(C3)C2(F)F)c1. The number of halogens is 2. The molecule has 32 heavy (non-hydrogen) atoms.